The minimum absolute atomic E-state index is 0.250. The number of urea groups is 1. The number of aromatic nitrogens is 2. The van der Waals surface area contributed by atoms with Crippen LogP contribution in [0.15, 0.2) is 30.5 Å². The van der Waals surface area contributed by atoms with Crippen molar-refractivity contribution in [3.05, 3.63) is 41.0 Å². The van der Waals surface area contributed by atoms with Crippen LogP contribution < -0.4 is 21.3 Å². The lowest BCUT2D eigenvalue weighted by Gasteiger charge is -2.15. The number of nitrogens with two attached hydrogens (primary N) is 1. The van der Waals surface area contributed by atoms with E-state index < -0.39 is 0 Å². The van der Waals surface area contributed by atoms with Gasteiger partial charge < -0.3 is 21.3 Å². The minimum atomic E-state index is -0.250. The van der Waals surface area contributed by atoms with Gasteiger partial charge in [0.2, 0.25) is 5.95 Å². The number of amides is 2. The Labute approximate surface area is 152 Å². The first-order chi connectivity index (χ1) is 12.0. The van der Waals surface area contributed by atoms with Gasteiger partial charge in [0.1, 0.15) is 5.82 Å². The van der Waals surface area contributed by atoms with Crippen LogP contribution in [0.3, 0.4) is 0 Å². The largest absolute Gasteiger partial charge is 0.368 e. The number of hydrogen-bond donors (Lipinski definition) is 3. The molecule has 0 aliphatic carbocycles. The highest BCUT2D eigenvalue weighted by molar-refractivity contribution is 6.31. The van der Waals surface area contributed by atoms with Gasteiger partial charge in [-0.25, -0.2) is 9.78 Å². The van der Waals surface area contributed by atoms with Gasteiger partial charge in [-0.05, 0) is 43.5 Å². The Hall–Kier alpha value is -2.54. The smallest absolute Gasteiger partial charge is 0.318 e. The summed E-state index contributed by atoms with van der Waals surface area (Å²) >= 11 is 5.87. The Morgan fingerprint density at radius 2 is 2.00 bits per heavy atom. The molecule has 4 N–H and O–H groups in total. The second kappa shape index (κ2) is 9.08. The molecule has 2 aromatic rings. The van der Waals surface area contributed by atoms with Crippen LogP contribution in [-0.4, -0.2) is 36.1 Å². The third-order valence-corrected chi connectivity index (χ3v) is 4.15. The Bertz CT molecular complexity index is 718. The lowest BCUT2D eigenvalue weighted by atomic mass is 10.2. The van der Waals surface area contributed by atoms with Crippen LogP contribution in [0.2, 0.25) is 5.02 Å². The van der Waals surface area contributed by atoms with Crippen LogP contribution in [0.4, 0.5) is 22.2 Å². The summed E-state index contributed by atoms with van der Waals surface area (Å²) in [6.07, 6.45) is 4.21. The van der Waals surface area contributed by atoms with Gasteiger partial charge >= 0.3 is 6.03 Å². The molecule has 2 amide bonds. The van der Waals surface area contributed by atoms with Crippen molar-refractivity contribution in [2.75, 3.05) is 36.1 Å². The first-order valence-corrected chi connectivity index (χ1v) is 8.45. The van der Waals surface area contributed by atoms with Crippen molar-refractivity contribution in [3.63, 3.8) is 0 Å². The molecule has 2 heterocycles. The maximum Gasteiger partial charge on any atom is 0.318 e. The van der Waals surface area contributed by atoms with Crippen LogP contribution in [0.25, 0.3) is 0 Å². The quantitative estimate of drug-likeness (QED) is 0.763. The number of nitrogen functional groups attached to an aromatic ring is 1. The van der Waals surface area contributed by atoms with Crippen molar-refractivity contribution in [2.24, 2.45) is 0 Å². The molecular weight excluding hydrogens is 340 g/mol. The lowest BCUT2D eigenvalue weighted by molar-refractivity contribution is 0.254. The zero-order valence-corrected chi connectivity index (χ0v) is 15.2. The molecule has 1 aromatic carbocycles. The molecule has 1 fully saturated rings. The van der Waals surface area contributed by atoms with E-state index in [0.717, 1.165) is 24.5 Å². The summed E-state index contributed by atoms with van der Waals surface area (Å²) in [6.45, 7) is 4.10. The number of anilines is 3. The summed E-state index contributed by atoms with van der Waals surface area (Å²) in [7, 11) is 1.56. The van der Waals surface area contributed by atoms with Gasteiger partial charge in [-0.15, -0.1) is 0 Å². The van der Waals surface area contributed by atoms with Gasteiger partial charge in [-0.2, -0.15) is 4.98 Å². The van der Waals surface area contributed by atoms with Crippen molar-refractivity contribution in [1.82, 2.24) is 15.3 Å². The van der Waals surface area contributed by atoms with Crippen LogP contribution in [0, 0.1) is 6.92 Å². The Morgan fingerprint density at radius 1 is 1.28 bits per heavy atom. The van der Waals surface area contributed by atoms with E-state index in [1.807, 2.05) is 19.1 Å². The van der Waals surface area contributed by atoms with Crippen molar-refractivity contribution in [1.29, 1.82) is 0 Å². The SMILES string of the molecule is CNC(=O)Nc1ccc(C)c(Cl)c1.Nc1nccc(N2CCCC2)n1. The van der Waals surface area contributed by atoms with Crippen LogP contribution in [0.1, 0.15) is 18.4 Å². The van der Waals surface area contributed by atoms with Crippen molar-refractivity contribution in [3.8, 4) is 0 Å². The average molecular weight is 363 g/mol. The normalized spacial score (nSPS) is 13.0. The third kappa shape index (κ3) is 5.79. The minimum Gasteiger partial charge on any atom is -0.368 e. The monoisotopic (exact) mass is 362 g/mol. The predicted molar refractivity (Wildman–Crippen MR) is 102 cm³/mol. The van der Waals surface area contributed by atoms with Gasteiger partial charge in [0.25, 0.3) is 0 Å². The van der Waals surface area contributed by atoms with E-state index in [1.165, 1.54) is 12.8 Å². The number of nitrogens with zero attached hydrogens (tertiary/aromatic N) is 3. The van der Waals surface area contributed by atoms with Crippen LogP contribution in [-0.2, 0) is 0 Å². The fourth-order valence-corrected chi connectivity index (χ4v) is 2.53. The molecular formula is C17H23ClN6O. The molecule has 134 valence electrons. The first-order valence-electron chi connectivity index (χ1n) is 8.08. The highest BCUT2D eigenvalue weighted by Gasteiger charge is 2.13. The molecule has 0 radical (unpaired) electrons. The highest BCUT2D eigenvalue weighted by atomic mass is 35.5. The maximum absolute atomic E-state index is 10.9. The number of rotatable bonds is 2. The van der Waals surface area contributed by atoms with Gasteiger partial charge in [-0.3, -0.25) is 0 Å². The molecule has 0 saturated carbocycles. The fourth-order valence-electron chi connectivity index (χ4n) is 2.35. The topological polar surface area (TPSA) is 96.2 Å². The molecule has 0 unspecified atom stereocenters. The van der Waals surface area contributed by atoms with Gasteiger partial charge in [0, 0.05) is 37.0 Å². The number of benzene rings is 1. The summed E-state index contributed by atoms with van der Waals surface area (Å²) in [6, 6.07) is 7.03. The summed E-state index contributed by atoms with van der Waals surface area (Å²) in [5.74, 6) is 1.32. The number of carbonyl (C=O) groups is 1. The number of hydrogen-bond acceptors (Lipinski definition) is 5. The number of aryl methyl sites for hydroxylation is 1. The Kier molecular flexibility index (Phi) is 6.82. The van der Waals surface area contributed by atoms with E-state index in [4.69, 9.17) is 17.3 Å². The number of halogens is 1. The second-order valence-corrected chi connectivity index (χ2v) is 6.04. The molecule has 1 saturated heterocycles. The van der Waals surface area contributed by atoms with E-state index in [-0.39, 0.29) is 6.03 Å². The number of carbonyl (C=O) groups excluding carboxylic acids is 1. The average Bonchev–Trinajstić information content (AvgIpc) is 3.13. The number of nitrogens with one attached hydrogen (secondary N) is 2. The zero-order valence-electron chi connectivity index (χ0n) is 14.4. The fraction of sp³-hybridized carbons (Fsp3) is 0.353. The van der Waals surface area contributed by atoms with E-state index in [1.54, 1.807) is 25.4 Å². The standard InChI is InChI=1S/C9H11ClN2O.C8H12N4/c1-6-3-4-7(5-8(6)10)12-9(13)11-2;9-8-10-4-3-7(11-8)12-5-1-2-6-12/h3-5H,1-2H3,(H2,11,12,13);3-4H,1-2,5-6H2,(H2,9,10,11). The van der Waals surface area contributed by atoms with E-state index in [9.17, 15) is 4.79 Å². The van der Waals surface area contributed by atoms with E-state index in [0.29, 0.717) is 16.7 Å². The maximum atomic E-state index is 10.9. The summed E-state index contributed by atoms with van der Waals surface area (Å²) in [4.78, 5) is 21.1. The molecule has 0 spiro atoms. The summed E-state index contributed by atoms with van der Waals surface area (Å²) < 4.78 is 0. The van der Waals surface area contributed by atoms with Crippen LogP contribution >= 0.6 is 11.6 Å². The molecule has 7 nitrogen and oxygen atoms in total. The van der Waals surface area contributed by atoms with Gasteiger partial charge in [0.15, 0.2) is 0 Å². The van der Waals surface area contributed by atoms with E-state index in [2.05, 4.69) is 25.5 Å². The molecule has 8 heteroatoms. The molecule has 0 atom stereocenters. The highest BCUT2D eigenvalue weighted by Crippen LogP contribution is 2.19. The molecule has 25 heavy (non-hydrogen) atoms. The van der Waals surface area contributed by atoms with Crippen molar-refractivity contribution in [2.45, 2.75) is 19.8 Å². The molecule has 1 aromatic heterocycles. The van der Waals surface area contributed by atoms with E-state index >= 15 is 0 Å². The van der Waals surface area contributed by atoms with Crippen molar-refractivity contribution < 1.29 is 4.79 Å². The second-order valence-electron chi connectivity index (χ2n) is 5.64. The third-order valence-electron chi connectivity index (χ3n) is 3.75. The van der Waals surface area contributed by atoms with Gasteiger partial charge in [0.05, 0.1) is 0 Å². The Morgan fingerprint density at radius 3 is 2.60 bits per heavy atom. The molecule has 1 aliphatic heterocycles. The Balaban J connectivity index is 0.000000181. The molecule has 1 aliphatic rings. The van der Waals surface area contributed by atoms with Crippen LogP contribution in [0.5, 0.6) is 0 Å². The summed E-state index contributed by atoms with van der Waals surface area (Å²) in [5, 5.41) is 5.73. The molecule has 0 bridgehead atoms. The molecule has 3 rings (SSSR count). The van der Waals surface area contributed by atoms with Gasteiger partial charge in [-0.1, -0.05) is 17.7 Å². The zero-order chi connectivity index (χ0) is 18.2. The summed E-state index contributed by atoms with van der Waals surface area (Å²) in [5.41, 5.74) is 7.16. The lowest BCUT2D eigenvalue weighted by Crippen LogP contribution is -2.24. The first kappa shape index (κ1) is 18.8. The van der Waals surface area contributed by atoms with Crippen molar-refractivity contribution >= 4 is 35.1 Å². The predicted octanol–water partition coefficient (Wildman–Crippen LogP) is 3.06.